The Bertz CT molecular complexity index is 1970. The molecular weight excluding hydrogens is 661 g/mol. The molecule has 0 bridgehead atoms. The lowest BCUT2D eigenvalue weighted by Gasteiger charge is -2.14. The van der Waals surface area contributed by atoms with Gasteiger partial charge in [0, 0.05) is 10.6 Å². The number of fused-ring (bicyclic) bond motifs is 2. The quantitative estimate of drug-likeness (QED) is 0.107. The molecule has 1 unspecified atom stereocenters. The molecule has 0 aliphatic carbocycles. The number of unbranched alkanes of at least 4 members (excludes halogenated alkanes) is 5. The fourth-order valence-corrected chi connectivity index (χ4v) is 8.66. The van der Waals surface area contributed by atoms with E-state index in [0.29, 0.717) is 44.9 Å². The van der Waals surface area contributed by atoms with Crippen LogP contribution in [0.1, 0.15) is 91.1 Å². The van der Waals surface area contributed by atoms with Crippen molar-refractivity contribution in [2.24, 2.45) is 0 Å². The Balaban J connectivity index is 0.867. The first kappa shape index (κ1) is 34.1. The predicted octanol–water partition coefficient (Wildman–Crippen LogP) is 6.20. The zero-order valence-electron chi connectivity index (χ0n) is 26.9. The van der Waals surface area contributed by atoms with Crippen molar-refractivity contribution in [1.82, 2.24) is 9.80 Å². The number of sulfone groups is 1. The van der Waals surface area contributed by atoms with Crippen LogP contribution in [0.4, 0.5) is 0 Å². The minimum Gasteiger partial charge on any atom is -0.270 e. The maximum absolute atomic E-state index is 12.9. The van der Waals surface area contributed by atoms with E-state index in [-0.39, 0.29) is 47.4 Å². The molecular formula is C38H36N2O7S2. The number of imide groups is 2. The fourth-order valence-electron chi connectivity index (χ4n) is 6.15. The van der Waals surface area contributed by atoms with Gasteiger partial charge in [0.05, 0.1) is 56.8 Å². The minimum atomic E-state index is -3.46. The molecule has 4 aromatic rings. The van der Waals surface area contributed by atoms with Crippen LogP contribution in [0.25, 0.3) is 0 Å². The molecule has 0 N–H and O–H groups in total. The largest absolute Gasteiger partial charge is 0.270 e. The standard InChI is InChI=1S/C38H36N2O7S2/c41-35-31-11-5-6-12-32(31)36(42)39(35)25-27-15-19-29(20-16-27)48(45)23-9-3-1-2-4-10-24-49(46,47)30-21-17-28(18-22-30)26-40-37(43)33-13-7-8-14-34(33)38(40)44/h5-8,11-22H,1-4,9-10,23-26H2. The first-order valence-corrected chi connectivity index (χ1v) is 19.3. The summed E-state index contributed by atoms with van der Waals surface area (Å²) in [7, 11) is -4.62. The molecule has 0 saturated carbocycles. The van der Waals surface area contributed by atoms with Crippen LogP contribution in [0, 0.1) is 0 Å². The van der Waals surface area contributed by atoms with Crippen molar-refractivity contribution in [3.63, 3.8) is 0 Å². The average Bonchev–Trinajstić information content (AvgIpc) is 3.50. The van der Waals surface area contributed by atoms with Crippen LogP contribution in [0.3, 0.4) is 0 Å². The summed E-state index contributed by atoms with van der Waals surface area (Å²) in [6.07, 6.45) is 4.79. The Morgan fingerprint density at radius 2 is 0.878 bits per heavy atom. The molecule has 0 aromatic heterocycles. The number of carbonyl (C=O) groups is 4. The molecule has 1 atom stereocenters. The van der Waals surface area contributed by atoms with Gasteiger partial charge in [0.2, 0.25) is 0 Å². The molecule has 0 spiro atoms. The van der Waals surface area contributed by atoms with E-state index >= 15 is 0 Å². The highest BCUT2D eigenvalue weighted by atomic mass is 32.2. The van der Waals surface area contributed by atoms with E-state index in [4.69, 9.17) is 0 Å². The first-order valence-electron chi connectivity index (χ1n) is 16.3. The molecule has 2 aliphatic rings. The zero-order valence-corrected chi connectivity index (χ0v) is 28.5. The lowest BCUT2D eigenvalue weighted by molar-refractivity contribution is 0.0627. The third-order valence-corrected chi connectivity index (χ3v) is 12.2. The summed E-state index contributed by atoms with van der Waals surface area (Å²) >= 11 is 0. The van der Waals surface area contributed by atoms with Gasteiger partial charge in [0.1, 0.15) is 0 Å². The highest BCUT2D eigenvalue weighted by Crippen LogP contribution is 2.26. The van der Waals surface area contributed by atoms with Gasteiger partial charge in [-0.3, -0.25) is 33.2 Å². The second-order valence-corrected chi connectivity index (χ2v) is 15.9. The minimum absolute atomic E-state index is 0.0395. The Labute approximate surface area is 288 Å². The van der Waals surface area contributed by atoms with E-state index in [2.05, 4.69) is 0 Å². The number of carbonyl (C=O) groups excluding carboxylic acids is 4. The molecule has 0 saturated heterocycles. The van der Waals surface area contributed by atoms with E-state index in [1.807, 2.05) is 0 Å². The normalized spacial score (nSPS) is 14.8. The number of hydrogen-bond acceptors (Lipinski definition) is 7. The topological polar surface area (TPSA) is 126 Å². The molecule has 6 rings (SSSR count). The molecule has 0 radical (unpaired) electrons. The Morgan fingerprint density at radius 1 is 0.490 bits per heavy atom. The summed E-state index contributed by atoms with van der Waals surface area (Å²) in [6, 6.07) is 27.0. The van der Waals surface area contributed by atoms with Crippen LogP contribution in [0.15, 0.2) is 107 Å². The molecule has 4 aromatic carbocycles. The lowest BCUT2D eigenvalue weighted by atomic mass is 10.1. The van der Waals surface area contributed by atoms with Gasteiger partial charge in [-0.15, -0.1) is 0 Å². The van der Waals surface area contributed by atoms with E-state index in [1.54, 1.807) is 84.9 Å². The van der Waals surface area contributed by atoms with Crippen molar-refractivity contribution in [3.05, 3.63) is 130 Å². The highest BCUT2D eigenvalue weighted by molar-refractivity contribution is 7.91. The van der Waals surface area contributed by atoms with Crippen molar-refractivity contribution in [3.8, 4) is 0 Å². The monoisotopic (exact) mass is 696 g/mol. The van der Waals surface area contributed by atoms with Gasteiger partial charge in [0.25, 0.3) is 23.6 Å². The summed E-state index contributed by atoms with van der Waals surface area (Å²) in [5.41, 5.74) is 3.05. The Hall–Kier alpha value is -4.74. The highest BCUT2D eigenvalue weighted by Gasteiger charge is 2.36. The van der Waals surface area contributed by atoms with E-state index in [9.17, 15) is 31.8 Å². The van der Waals surface area contributed by atoms with Crippen LogP contribution in [0.5, 0.6) is 0 Å². The second-order valence-electron chi connectivity index (χ2n) is 12.3. The maximum Gasteiger partial charge on any atom is 0.261 e. The third-order valence-electron chi connectivity index (χ3n) is 8.90. The van der Waals surface area contributed by atoms with E-state index < -0.39 is 20.6 Å². The smallest absolute Gasteiger partial charge is 0.261 e. The average molecular weight is 697 g/mol. The van der Waals surface area contributed by atoms with Crippen LogP contribution < -0.4 is 0 Å². The van der Waals surface area contributed by atoms with E-state index in [1.165, 1.54) is 21.9 Å². The molecule has 11 heteroatoms. The van der Waals surface area contributed by atoms with Crippen LogP contribution in [0.2, 0.25) is 0 Å². The third kappa shape index (κ3) is 7.47. The summed E-state index contributed by atoms with van der Waals surface area (Å²) < 4.78 is 38.6. The van der Waals surface area contributed by atoms with Crippen LogP contribution in [-0.4, -0.2) is 57.6 Å². The molecule has 2 aliphatic heterocycles. The van der Waals surface area contributed by atoms with Gasteiger partial charge in [-0.1, -0.05) is 74.2 Å². The van der Waals surface area contributed by atoms with Crippen molar-refractivity contribution in [2.75, 3.05) is 11.5 Å². The lowest BCUT2D eigenvalue weighted by Crippen LogP contribution is -2.29. The molecule has 49 heavy (non-hydrogen) atoms. The summed E-state index contributed by atoms with van der Waals surface area (Å²) in [5, 5.41) is 0. The van der Waals surface area contributed by atoms with Crippen molar-refractivity contribution >= 4 is 44.3 Å². The summed E-state index contributed by atoms with van der Waals surface area (Å²) in [6.45, 7) is 0.238. The molecule has 4 amide bonds. The Morgan fingerprint density at radius 3 is 1.33 bits per heavy atom. The summed E-state index contributed by atoms with van der Waals surface area (Å²) in [5.74, 6) is -0.747. The van der Waals surface area contributed by atoms with Crippen molar-refractivity contribution in [1.29, 1.82) is 0 Å². The van der Waals surface area contributed by atoms with E-state index in [0.717, 1.165) is 37.7 Å². The van der Waals surface area contributed by atoms with Gasteiger partial charge in [-0.2, -0.15) is 0 Å². The predicted molar refractivity (Wildman–Crippen MR) is 185 cm³/mol. The number of hydrogen-bond donors (Lipinski definition) is 0. The van der Waals surface area contributed by atoms with Crippen LogP contribution >= 0.6 is 0 Å². The number of rotatable bonds is 15. The molecule has 252 valence electrons. The van der Waals surface area contributed by atoms with Crippen molar-refractivity contribution in [2.45, 2.75) is 61.4 Å². The van der Waals surface area contributed by atoms with Gasteiger partial charge in [-0.25, -0.2) is 8.42 Å². The summed E-state index contributed by atoms with van der Waals surface area (Å²) in [4.78, 5) is 53.8. The first-order chi connectivity index (χ1) is 23.6. The van der Waals surface area contributed by atoms with Gasteiger partial charge in [-0.05, 0) is 72.5 Å². The van der Waals surface area contributed by atoms with Gasteiger partial charge >= 0.3 is 0 Å². The van der Waals surface area contributed by atoms with Crippen LogP contribution in [-0.2, 0) is 33.7 Å². The van der Waals surface area contributed by atoms with Gasteiger partial charge < -0.3 is 0 Å². The number of amides is 4. The Kier molecular flexibility index (Phi) is 10.3. The molecule has 9 nitrogen and oxygen atoms in total. The SMILES string of the molecule is O=C1c2ccccc2C(=O)N1Cc1ccc(S(=O)CCCCCCCCS(=O)(=O)c2ccc(CN3C(=O)c4ccccc4C3=O)cc2)cc1. The van der Waals surface area contributed by atoms with Crippen molar-refractivity contribution < 1.29 is 31.8 Å². The molecule has 2 heterocycles. The molecule has 0 fully saturated rings. The number of benzene rings is 4. The van der Waals surface area contributed by atoms with Gasteiger partial charge in [0.15, 0.2) is 9.84 Å². The fraction of sp³-hybridized carbons (Fsp3) is 0.263. The zero-order chi connectivity index (χ0) is 34.5. The maximum atomic E-state index is 12.9. The second kappa shape index (κ2) is 14.8. The number of nitrogens with zero attached hydrogens (tertiary/aromatic N) is 2.